The van der Waals surface area contributed by atoms with Gasteiger partial charge in [-0.2, -0.15) is 5.10 Å². The number of aryl methyl sites for hydroxylation is 1. The van der Waals surface area contributed by atoms with Gasteiger partial charge in [0.25, 0.3) is 0 Å². The van der Waals surface area contributed by atoms with E-state index in [2.05, 4.69) is 17.2 Å². The number of aliphatic imine (C=N–C) groups is 1. The van der Waals surface area contributed by atoms with Crippen molar-refractivity contribution in [3.8, 4) is 5.69 Å². The van der Waals surface area contributed by atoms with Crippen LogP contribution in [-0.4, -0.2) is 53.7 Å². The Morgan fingerprint density at radius 3 is 2.33 bits per heavy atom. The number of aromatic nitrogens is 2. The summed E-state index contributed by atoms with van der Waals surface area (Å²) in [5.41, 5.74) is 3.24. The van der Waals surface area contributed by atoms with Crippen LogP contribution in [0.2, 0.25) is 0 Å². The molecule has 0 amide bonds. The van der Waals surface area contributed by atoms with E-state index in [0.29, 0.717) is 6.54 Å². The van der Waals surface area contributed by atoms with Crippen LogP contribution in [0.5, 0.6) is 0 Å². The lowest BCUT2D eigenvalue weighted by molar-refractivity contribution is 0.479. The number of rotatable bonds is 3. The Kier molecular flexibility index (Phi) is 4.62. The predicted octanol–water partition coefficient (Wildman–Crippen LogP) is 2.16. The Morgan fingerprint density at radius 2 is 1.76 bits per heavy atom. The van der Waals surface area contributed by atoms with Gasteiger partial charge in [-0.3, -0.25) is 0 Å². The van der Waals surface area contributed by atoms with Crippen LogP contribution in [0.1, 0.15) is 11.3 Å². The first-order valence-corrected chi connectivity index (χ1v) is 6.98. The zero-order valence-electron chi connectivity index (χ0n) is 13.4. The van der Waals surface area contributed by atoms with Crippen molar-refractivity contribution in [3.05, 3.63) is 47.8 Å². The highest BCUT2D eigenvalue weighted by Gasteiger charge is 2.07. The summed E-state index contributed by atoms with van der Waals surface area (Å²) in [4.78, 5) is 8.74. The van der Waals surface area contributed by atoms with Gasteiger partial charge in [0.05, 0.1) is 17.9 Å². The highest BCUT2D eigenvalue weighted by Crippen LogP contribution is 2.15. The Balaban J connectivity index is 2.31. The van der Waals surface area contributed by atoms with Crippen LogP contribution >= 0.6 is 0 Å². The molecule has 0 bridgehead atoms. The minimum Gasteiger partial charge on any atom is -0.349 e. The highest BCUT2D eigenvalue weighted by molar-refractivity contribution is 5.79. The van der Waals surface area contributed by atoms with Crippen LogP contribution in [0.15, 0.2) is 41.5 Å². The average molecular weight is 285 g/mol. The molecule has 0 unspecified atom stereocenters. The smallest absolute Gasteiger partial charge is 0.195 e. The topological polar surface area (TPSA) is 36.7 Å². The van der Waals surface area contributed by atoms with E-state index >= 15 is 0 Å². The molecule has 5 heteroatoms. The number of benzene rings is 1. The van der Waals surface area contributed by atoms with Crippen LogP contribution in [-0.2, 0) is 6.54 Å². The molecule has 0 fully saturated rings. The van der Waals surface area contributed by atoms with Gasteiger partial charge in [0.15, 0.2) is 5.96 Å². The van der Waals surface area contributed by atoms with Crippen molar-refractivity contribution < 1.29 is 0 Å². The minimum atomic E-state index is 0.626. The van der Waals surface area contributed by atoms with Crippen LogP contribution in [0.3, 0.4) is 0 Å². The molecule has 112 valence electrons. The lowest BCUT2D eigenvalue weighted by atomic mass is 10.2. The summed E-state index contributed by atoms with van der Waals surface area (Å²) in [5.74, 6) is 0.946. The molecule has 21 heavy (non-hydrogen) atoms. The van der Waals surface area contributed by atoms with Gasteiger partial charge in [-0.15, -0.1) is 0 Å². The minimum absolute atomic E-state index is 0.626. The Labute approximate surface area is 126 Å². The second kappa shape index (κ2) is 6.43. The standard InChI is InChI=1S/C16H23N5/c1-13-10-11-21(18-13)15-9-7-6-8-14(15)12-17-16(19(2)3)20(4)5/h6-11H,12H2,1-5H3. The lowest BCUT2D eigenvalue weighted by Crippen LogP contribution is -2.35. The van der Waals surface area contributed by atoms with Gasteiger partial charge >= 0.3 is 0 Å². The molecule has 0 aliphatic rings. The summed E-state index contributed by atoms with van der Waals surface area (Å²) in [6.45, 7) is 2.62. The summed E-state index contributed by atoms with van der Waals surface area (Å²) in [6.07, 6.45) is 1.98. The summed E-state index contributed by atoms with van der Waals surface area (Å²) in [7, 11) is 8.01. The van der Waals surface area contributed by atoms with E-state index in [1.54, 1.807) is 0 Å². The normalized spacial score (nSPS) is 10.3. The van der Waals surface area contributed by atoms with Crippen molar-refractivity contribution in [3.63, 3.8) is 0 Å². The SMILES string of the molecule is Cc1ccn(-c2ccccc2CN=C(N(C)C)N(C)C)n1. The monoisotopic (exact) mass is 285 g/mol. The maximum atomic E-state index is 4.71. The van der Waals surface area contributed by atoms with E-state index in [0.717, 1.165) is 22.9 Å². The molecule has 0 aliphatic carbocycles. The van der Waals surface area contributed by atoms with E-state index in [9.17, 15) is 0 Å². The predicted molar refractivity (Wildman–Crippen MR) is 86.8 cm³/mol. The first-order valence-electron chi connectivity index (χ1n) is 6.98. The van der Waals surface area contributed by atoms with Crippen molar-refractivity contribution in [2.24, 2.45) is 4.99 Å². The van der Waals surface area contributed by atoms with Crippen LogP contribution in [0.25, 0.3) is 5.69 Å². The van der Waals surface area contributed by atoms with E-state index in [4.69, 9.17) is 4.99 Å². The van der Waals surface area contributed by atoms with E-state index in [1.807, 2.05) is 74.0 Å². The van der Waals surface area contributed by atoms with E-state index < -0.39 is 0 Å². The summed E-state index contributed by atoms with van der Waals surface area (Å²) in [6, 6.07) is 10.2. The maximum absolute atomic E-state index is 4.71. The zero-order valence-corrected chi connectivity index (χ0v) is 13.4. The third-order valence-corrected chi connectivity index (χ3v) is 3.15. The Bertz CT molecular complexity index is 615. The van der Waals surface area contributed by atoms with Crippen LogP contribution in [0, 0.1) is 6.92 Å². The molecule has 2 aromatic rings. The van der Waals surface area contributed by atoms with Gasteiger partial charge < -0.3 is 9.80 Å². The maximum Gasteiger partial charge on any atom is 0.195 e. The fourth-order valence-electron chi connectivity index (χ4n) is 2.26. The zero-order chi connectivity index (χ0) is 15.4. The first-order chi connectivity index (χ1) is 9.99. The number of para-hydroxylation sites is 1. The fraction of sp³-hybridized carbons (Fsp3) is 0.375. The fourth-order valence-corrected chi connectivity index (χ4v) is 2.26. The number of hydrogen-bond donors (Lipinski definition) is 0. The van der Waals surface area contributed by atoms with Gasteiger partial charge in [0.1, 0.15) is 0 Å². The molecular formula is C16H23N5. The molecule has 1 aromatic carbocycles. The molecule has 0 saturated heterocycles. The van der Waals surface area contributed by atoms with Crippen molar-refractivity contribution in [2.45, 2.75) is 13.5 Å². The number of hydrogen-bond acceptors (Lipinski definition) is 2. The third-order valence-electron chi connectivity index (χ3n) is 3.15. The second-order valence-electron chi connectivity index (χ2n) is 5.44. The number of nitrogens with zero attached hydrogens (tertiary/aromatic N) is 5. The highest BCUT2D eigenvalue weighted by atomic mass is 15.3. The van der Waals surface area contributed by atoms with Crippen LogP contribution in [0.4, 0.5) is 0 Å². The van der Waals surface area contributed by atoms with Crippen LogP contribution < -0.4 is 0 Å². The third kappa shape index (κ3) is 3.62. The molecule has 0 N–H and O–H groups in total. The molecule has 1 heterocycles. The summed E-state index contributed by atoms with van der Waals surface area (Å²) in [5, 5.41) is 4.49. The quantitative estimate of drug-likeness (QED) is 0.640. The van der Waals surface area contributed by atoms with Gasteiger partial charge in [0, 0.05) is 34.4 Å². The van der Waals surface area contributed by atoms with Crippen molar-refractivity contribution in [1.82, 2.24) is 19.6 Å². The summed E-state index contributed by atoms with van der Waals surface area (Å²) < 4.78 is 1.91. The largest absolute Gasteiger partial charge is 0.349 e. The molecule has 5 nitrogen and oxygen atoms in total. The van der Waals surface area contributed by atoms with Gasteiger partial charge in [-0.05, 0) is 24.6 Å². The molecule has 0 atom stereocenters. The van der Waals surface area contributed by atoms with E-state index in [-0.39, 0.29) is 0 Å². The lowest BCUT2D eigenvalue weighted by Gasteiger charge is -2.22. The second-order valence-corrected chi connectivity index (χ2v) is 5.44. The molecule has 1 aromatic heterocycles. The number of guanidine groups is 1. The van der Waals surface area contributed by atoms with Crippen molar-refractivity contribution in [1.29, 1.82) is 0 Å². The Hall–Kier alpha value is -2.30. The average Bonchev–Trinajstić information content (AvgIpc) is 2.85. The molecule has 2 rings (SSSR count). The van der Waals surface area contributed by atoms with Crippen molar-refractivity contribution >= 4 is 5.96 Å². The molecular weight excluding hydrogens is 262 g/mol. The first kappa shape index (κ1) is 15.1. The summed E-state index contributed by atoms with van der Waals surface area (Å²) >= 11 is 0. The van der Waals surface area contributed by atoms with E-state index in [1.165, 1.54) is 0 Å². The van der Waals surface area contributed by atoms with Crippen molar-refractivity contribution in [2.75, 3.05) is 28.2 Å². The van der Waals surface area contributed by atoms with Gasteiger partial charge in [-0.1, -0.05) is 18.2 Å². The molecule has 0 saturated carbocycles. The van der Waals surface area contributed by atoms with Gasteiger partial charge in [-0.25, -0.2) is 9.67 Å². The molecule has 0 radical (unpaired) electrons. The Morgan fingerprint density at radius 1 is 1.10 bits per heavy atom. The van der Waals surface area contributed by atoms with Gasteiger partial charge in [0.2, 0.25) is 0 Å². The molecule has 0 spiro atoms. The molecule has 0 aliphatic heterocycles.